The predicted octanol–water partition coefficient (Wildman–Crippen LogP) is 3.72. The molecule has 2 aromatic carbocycles. The van der Waals surface area contributed by atoms with Gasteiger partial charge >= 0.3 is 0 Å². The summed E-state index contributed by atoms with van der Waals surface area (Å²) in [6.45, 7) is 4.15. The molecule has 0 aliphatic rings. The summed E-state index contributed by atoms with van der Waals surface area (Å²) >= 11 is 0. The zero-order valence-corrected chi connectivity index (χ0v) is 9.02. The average Bonchev–Trinajstić information content (AvgIpc) is 2.38. The monoisotopic (exact) mass is 209 g/mol. The van der Waals surface area contributed by atoms with Gasteiger partial charge in [-0.25, -0.2) is 0 Å². The maximum Gasteiger partial charge on any atom is 0.119 e. The molecular weight excluding hydrogens is 196 g/mol. The molecule has 0 saturated heterocycles. The molecule has 1 heteroatoms. The molecule has 1 nitrogen and oxygen atoms in total. The number of ether oxygens (including phenoxy) is 1. The van der Waals surface area contributed by atoms with Crippen molar-refractivity contribution in [2.45, 2.75) is 0 Å². The second kappa shape index (κ2) is 5.17. The molecule has 0 aliphatic heterocycles. The normalized spacial score (nSPS) is 9.75. The van der Waals surface area contributed by atoms with Gasteiger partial charge in [-0.2, -0.15) is 0 Å². The van der Waals surface area contributed by atoms with Crippen molar-refractivity contribution in [3.63, 3.8) is 0 Å². The third-order valence-corrected chi connectivity index (χ3v) is 2.24. The summed E-state index contributed by atoms with van der Waals surface area (Å²) in [5.74, 6) is 0.861. The highest BCUT2D eigenvalue weighted by molar-refractivity contribution is 5.63. The maximum atomic E-state index is 5.42. The van der Waals surface area contributed by atoms with E-state index in [-0.39, 0.29) is 0 Å². The lowest BCUT2D eigenvalue weighted by atomic mass is 10.1. The van der Waals surface area contributed by atoms with Gasteiger partial charge in [-0.15, -0.1) is 0 Å². The SMILES string of the molecule is C=CCOc1ccc(-c2[c]cccc2)cc1. The first kappa shape index (κ1) is 10.5. The zero-order valence-electron chi connectivity index (χ0n) is 9.02. The van der Waals surface area contributed by atoms with Crippen molar-refractivity contribution in [2.24, 2.45) is 0 Å². The van der Waals surface area contributed by atoms with Crippen LogP contribution in [0.2, 0.25) is 0 Å². The van der Waals surface area contributed by atoms with Crippen LogP contribution < -0.4 is 4.74 Å². The Morgan fingerprint density at radius 1 is 1.12 bits per heavy atom. The van der Waals surface area contributed by atoms with E-state index in [1.165, 1.54) is 0 Å². The first-order valence-corrected chi connectivity index (χ1v) is 5.21. The number of rotatable bonds is 4. The summed E-state index contributed by atoms with van der Waals surface area (Å²) in [5.41, 5.74) is 2.24. The van der Waals surface area contributed by atoms with Gasteiger partial charge in [0.25, 0.3) is 0 Å². The lowest BCUT2D eigenvalue weighted by Gasteiger charge is -2.04. The molecule has 0 heterocycles. The Bertz CT molecular complexity index is 443. The first-order valence-electron chi connectivity index (χ1n) is 5.21. The lowest BCUT2D eigenvalue weighted by Crippen LogP contribution is -1.91. The van der Waals surface area contributed by atoms with Crippen LogP contribution in [0.25, 0.3) is 11.1 Å². The van der Waals surface area contributed by atoms with Crippen LogP contribution in [0.15, 0.2) is 61.2 Å². The third kappa shape index (κ3) is 2.51. The van der Waals surface area contributed by atoms with Crippen molar-refractivity contribution >= 4 is 0 Å². The van der Waals surface area contributed by atoms with E-state index in [1.54, 1.807) is 6.08 Å². The van der Waals surface area contributed by atoms with E-state index in [1.807, 2.05) is 48.5 Å². The minimum absolute atomic E-state index is 0.539. The molecule has 2 rings (SSSR count). The van der Waals surface area contributed by atoms with Crippen molar-refractivity contribution in [3.8, 4) is 16.9 Å². The molecule has 0 N–H and O–H groups in total. The summed E-state index contributed by atoms with van der Waals surface area (Å²) in [5, 5.41) is 0. The van der Waals surface area contributed by atoms with Gasteiger partial charge in [0.1, 0.15) is 12.4 Å². The van der Waals surface area contributed by atoms with Gasteiger partial charge < -0.3 is 4.74 Å². The van der Waals surface area contributed by atoms with E-state index in [4.69, 9.17) is 4.74 Å². The number of hydrogen-bond donors (Lipinski definition) is 0. The van der Waals surface area contributed by atoms with E-state index < -0.39 is 0 Å². The molecule has 2 aromatic rings. The average molecular weight is 209 g/mol. The molecule has 1 radical (unpaired) electrons. The Morgan fingerprint density at radius 3 is 2.56 bits per heavy atom. The van der Waals surface area contributed by atoms with E-state index >= 15 is 0 Å². The van der Waals surface area contributed by atoms with Crippen LogP contribution in [0, 0.1) is 6.07 Å². The van der Waals surface area contributed by atoms with E-state index in [0.717, 1.165) is 16.9 Å². The molecule has 0 unspecified atom stereocenters. The van der Waals surface area contributed by atoms with E-state index in [0.29, 0.717) is 6.61 Å². The lowest BCUT2D eigenvalue weighted by molar-refractivity contribution is 0.363. The molecule has 0 fully saturated rings. The molecule has 0 aliphatic carbocycles. The fourth-order valence-corrected chi connectivity index (χ4v) is 1.46. The van der Waals surface area contributed by atoms with Crippen LogP contribution in [0.4, 0.5) is 0 Å². The first-order chi connectivity index (χ1) is 7.90. The van der Waals surface area contributed by atoms with Gasteiger partial charge in [0.05, 0.1) is 0 Å². The van der Waals surface area contributed by atoms with E-state index in [9.17, 15) is 0 Å². The number of hydrogen-bond acceptors (Lipinski definition) is 1. The highest BCUT2D eigenvalue weighted by atomic mass is 16.5. The minimum Gasteiger partial charge on any atom is -0.490 e. The van der Waals surface area contributed by atoms with E-state index in [2.05, 4.69) is 12.6 Å². The Labute approximate surface area is 96.0 Å². The summed E-state index contributed by atoms with van der Waals surface area (Å²) in [6.07, 6.45) is 1.74. The van der Waals surface area contributed by atoms with Crippen LogP contribution in [0.1, 0.15) is 0 Å². The van der Waals surface area contributed by atoms with Crippen LogP contribution in [0.3, 0.4) is 0 Å². The highest BCUT2D eigenvalue weighted by Crippen LogP contribution is 2.21. The Kier molecular flexibility index (Phi) is 3.39. The standard InChI is InChI=1S/C15H13O/c1-2-12-16-15-10-8-14(9-11-15)13-6-4-3-5-7-13/h2-6,8-11H,1,12H2. The van der Waals surface area contributed by atoms with Crippen LogP contribution >= 0.6 is 0 Å². The smallest absolute Gasteiger partial charge is 0.119 e. The van der Waals surface area contributed by atoms with Crippen LogP contribution in [-0.2, 0) is 0 Å². The Balaban J connectivity index is 2.16. The topological polar surface area (TPSA) is 9.23 Å². The molecule has 79 valence electrons. The van der Waals surface area contributed by atoms with Crippen molar-refractivity contribution in [3.05, 3.63) is 67.3 Å². The second-order valence-electron chi connectivity index (χ2n) is 3.40. The molecule has 0 aromatic heterocycles. The fraction of sp³-hybridized carbons (Fsp3) is 0.0667. The molecule has 16 heavy (non-hydrogen) atoms. The number of benzene rings is 2. The van der Waals surface area contributed by atoms with Gasteiger partial charge in [0, 0.05) is 0 Å². The predicted molar refractivity (Wildman–Crippen MR) is 66.4 cm³/mol. The molecule has 0 bridgehead atoms. The second-order valence-corrected chi connectivity index (χ2v) is 3.40. The molecule has 0 atom stereocenters. The maximum absolute atomic E-state index is 5.42. The van der Waals surface area contributed by atoms with Gasteiger partial charge in [-0.3, -0.25) is 0 Å². The summed E-state index contributed by atoms with van der Waals surface area (Å²) in [6, 6.07) is 19.1. The van der Waals surface area contributed by atoms with Crippen LogP contribution in [0.5, 0.6) is 5.75 Å². The third-order valence-electron chi connectivity index (χ3n) is 2.24. The zero-order chi connectivity index (χ0) is 11.2. The highest BCUT2D eigenvalue weighted by Gasteiger charge is 1.97. The van der Waals surface area contributed by atoms with Crippen molar-refractivity contribution < 1.29 is 4.74 Å². The fourth-order valence-electron chi connectivity index (χ4n) is 1.46. The van der Waals surface area contributed by atoms with Crippen molar-refractivity contribution in [1.82, 2.24) is 0 Å². The van der Waals surface area contributed by atoms with Gasteiger partial charge in [0.2, 0.25) is 0 Å². The molecular formula is C15H13O. The summed E-state index contributed by atoms with van der Waals surface area (Å²) < 4.78 is 5.42. The van der Waals surface area contributed by atoms with Gasteiger partial charge in [0.15, 0.2) is 0 Å². The van der Waals surface area contributed by atoms with Gasteiger partial charge in [-0.1, -0.05) is 49.1 Å². The van der Waals surface area contributed by atoms with Crippen molar-refractivity contribution in [1.29, 1.82) is 0 Å². The molecule has 0 amide bonds. The quantitative estimate of drug-likeness (QED) is 0.697. The molecule has 0 spiro atoms. The Morgan fingerprint density at radius 2 is 1.94 bits per heavy atom. The largest absolute Gasteiger partial charge is 0.490 e. The van der Waals surface area contributed by atoms with Crippen LogP contribution in [-0.4, -0.2) is 6.61 Å². The minimum atomic E-state index is 0.539. The van der Waals surface area contributed by atoms with Gasteiger partial charge in [-0.05, 0) is 29.3 Å². The Hall–Kier alpha value is -2.02. The molecule has 0 saturated carbocycles. The summed E-state index contributed by atoms with van der Waals surface area (Å²) in [4.78, 5) is 0. The van der Waals surface area contributed by atoms with Crippen molar-refractivity contribution in [2.75, 3.05) is 6.61 Å². The summed E-state index contributed by atoms with van der Waals surface area (Å²) in [7, 11) is 0.